The van der Waals surface area contributed by atoms with Crippen LogP contribution in [0.15, 0.2) is 36.5 Å². The van der Waals surface area contributed by atoms with E-state index in [2.05, 4.69) is 25.1 Å². The van der Waals surface area contributed by atoms with Gasteiger partial charge in [-0.25, -0.2) is 4.98 Å². The lowest BCUT2D eigenvalue weighted by atomic mass is 10.0. The lowest BCUT2D eigenvalue weighted by Gasteiger charge is -2.33. The van der Waals surface area contributed by atoms with Crippen LogP contribution in [0.4, 0.5) is 24.9 Å². The summed E-state index contributed by atoms with van der Waals surface area (Å²) in [4.78, 5) is 13.4. The number of benzene rings is 1. The topological polar surface area (TPSA) is 53.5 Å². The van der Waals surface area contributed by atoms with Gasteiger partial charge in [-0.2, -0.15) is 18.2 Å². The summed E-state index contributed by atoms with van der Waals surface area (Å²) in [6.07, 6.45) is -0.473. The van der Waals surface area contributed by atoms with Crippen molar-refractivity contribution in [3.05, 3.63) is 47.7 Å². The monoisotopic (exact) mass is 421 g/mol. The van der Waals surface area contributed by atoms with Crippen molar-refractivity contribution in [3.8, 4) is 0 Å². The maximum atomic E-state index is 12.7. The molecule has 0 spiro atoms. The van der Waals surface area contributed by atoms with Gasteiger partial charge < -0.3 is 15.0 Å². The van der Waals surface area contributed by atoms with Crippen LogP contribution >= 0.6 is 0 Å². The van der Waals surface area contributed by atoms with E-state index in [0.29, 0.717) is 25.7 Å². The van der Waals surface area contributed by atoms with Crippen LogP contribution in [0.5, 0.6) is 0 Å². The molecule has 6 nitrogen and oxygen atoms in total. The number of hydrogen-bond donors (Lipinski definition) is 1. The van der Waals surface area contributed by atoms with Crippen molar-refractivity contribution in [3.63, 3.8) is 0 Å². The van der Waals surface area contributed by atoms with Crippen LogP contribution in [0.2, 0.25) is 0 Å². The molecule has 3 heterocycles. The van der Waals surface area contributed by atoms with E-state index in [1.54, 1.807) is 18.3 Å². The van der Waals surface area contributed by atoms with Crippen molar-refractivity contribution >= 4 is 11.8 Å². The molecule has 2 fully saturated rings. The van der Waals surface area contributed by atoms with Gasteiger partial charge in [-0.15, -0.1) is 0 Å². The fourth-order valence-electron chi connectivity index (χ4n) is 3.93. The van der Waals surface area contributed by atoms with Crippen LogP contribution in [-0.4, -0.2) is 60.3 Å². The summed E-state index contributed by atoms with van der Waals surface area (Å²) in [5.41, 5.74) is 0.282. The summed E-state index contributed by atoms with van der Waals surface area (Å²) >= 11 is 0. The molecule has 162 valence electrons. The second kappa shape index (κ2) is 9.18. The van der Waals surface area contributed by atoms with Crippen molar-refractivity contribution in [1.82, 2.24) is 14.9 Å². The molecule has 1 unspecified atom stereocenters. The largest absolute Gasteiger partial charge is 0.416 e. The number of nitrogens with one attached hydrogen (secondary N) is 1. The molecular weight excluding hydrogens is 395 g/mol. The number of anilines is 2. The Kier molecular flexibility index (Phi) is 6.38. The summed E-state index contributed by atoms with van der Waals surface area (Å²) in [6.45, 7) is 5.33. The zero-order valence-electron chi connectivity index (χ0n) is 16.7. The molecule has 9 heteroatoms. The van der Waals surface area contributed by atoms with Gasteiger partial charge in [0.05, 0.1) is 18.8 Å². The van der Waals surface area contributed by atoms with E-state index in [0.717, 1.165) is 62.5 Å². The minimum atomic E-state index is -4.30. The predicted octanol–water partition coefficient (Wildman–Crippen LogP) is 3.41. The molecule has 0 amide bonds. The fraction of sp³-hybridized carbons (Fsp3) is 0.524. The van der Waals surface area contributed by atoms with Crippen LogP contribution in [-0.2, 0) is 17.5 Å². The van der Waals surface area contributed by atoms with Gasteiger partial charge in [-0.05, 0) is 43.1 Å². The molecule has 2 aliphatic rings. The minimum absolute atomic E-state index is 0.237. The zero-order chi connectivity index (χ0) is 21.0. The summed E-state index contributed by atoms with van der Waals surface area (Å²) in [6, 6.07) is 7.56. The van der Waals surface area contributed by atoms with E-state index >= 15 is 0 Å². The molecule has 30 heavy (non-hydrogen) atoms. The van der Waals surface area contributed by atoms with Crippen molar-refractivity contribution < 1.29 is 17.9 Å². The van der Waals surface area contributed by atoms with Gasteiger partial charge in [0, 0.05) is 38.4 Å². The molecular formula is C21H26F3N5O. The average Bonchev–Trinajstić information content (AvgIpc) is 2.75. The van der Waals surface area contributed by atoms with E-state index in [1.807, 2.05) is 6.07 Å². The molecule has 1 atom stereocenters. The van der Waals surface area contributed by atoms with Crippen LogP contribution in [0.1, 0.15) is 24.0 Å². The smallest absolute Gasteiger partial charge is 0.378 e. The van der Waals surface area contributed by atoms with E-state index in [4.69, 9.17) is 4.74 Å². The summed E-state index contributed by atoms with van der Waals surface area (Å²) in [5.74, 6) is 1.51. The number of likely N-dealkylation sites (tertiary alicyclic amines) is 1. The summed E-state index contributed by atoms with van der Waals surface area (Å²) in [7, 11) is 0. The first-order valence-corrected chi connectivity index (χ1v) is 10.3. The number of ether oxygens (including phenoxy) is 1. The quantitative estimate of drug-likeness (QED) is 0.799. The SMILES string of the molecule is FC(F)(F)c1ccc(CN2CCCC(Nc3ccnc(N4CCOCC4)n3)C2)cc1. The molecule has 0 saturated carbocycles. The van der Waals surface area contributed by atoms with E-state index in [-0.39, 0.29) is 6.04 Å². The third kappa shape index (κ3) is 5.40. The van der Waals surface area contributed by atoms with Crippen LogP contribution in [0.3, 0.4) is 0 Å². The molecule has 1 aromatic heterocycles. The van der Waals surface area contributed by atoms with Crippen molar-refractivity contribution in [2.75, 3.05) is 49.6 Å². The molecule has 0 bridgehead atoms. The normalized spacial score (nSPS) is 20.9. The Bertz CT molecular complexity index is 824. The maximum Gasteiger partial charge on any atom is 0.416 e. The highest BCUT2D eigenvalue weighted by atomic mass is 19.4. The highest BCUT2D eigenvalue weighted by Crippen LogP contribution is 2.29. The van der Waals surface area contributed by atoms with Gasteiger partial charge in [0.1, 0.15) is 5.82 Å². The number of nitrogens with zero attached hydrogens (tertiary/aromatic N) is 4. The van der Waals surface area contributed by atoms with Gasteiger partial charge in [0.2, 0.25) is 5.95 Å². The molecule has 0 radical (unpaired) electrons. The van der Waals surface area contributed by atoms with Crippen LogP contribution in [0, 0.1) is 0 Å². The minimum Gasteiger partial charge on any atom is -0.378 e. The fourth-order valence-corrected chi connectivity index (χ4v) is 3.93. The van der Waals surface area contributed by atoms with Crippen LogP contribution < -0.4 is 10.2 Å². The van der Waals surface area contributed by atoms with Crippen molar-refractivity contribution in [2.45, 2.75) is 31.6 Å². The highest BCUT2D eigenvalue weighted by Gasteiger charge is 2.30. The second-order valence-corrected chi connectivity index (χ2v) is 7.75. The Morgan fingerprint density at radius 1 is 1.07 bits per heavy atom. The molecule has 1 aromatic carbocycles. The van der Waals surface area contributed by atoms with Gasteiger partial charge in [0.25, 0.3) is 0 Å². The van der Waals surface area contributed by atoms with Gasteiger partial charge >= 0.3 is 6.18 Å². The predicted molar refractivity (Wildman–Crippen MR) is 108 cm³/mol. The first kappa shape index (κ1) is 20.9. The standard InChI is InChI=1S/C21H26F3N5O/c22-21(23,24)17-5-3-16(4-6-17)14-28-9-1-2-18(15-28)26-19-7-8-25-20(27-19)29-10-12-30-13-11-29/h3-8,18H,1-2,9-15H2,(H,25,26,27). The van der Waals surface area contributed by atoms with E-state index in [9.17, 15) is 13.2 Å². The Hall–Kier alpha value is -2.39. The Morgan fingerprint density at radius 3 is 2.57 bits per heavy atom. The summed E-state index contributed by atoms with van der Waals surface area (Å²) < 4.78 is 43.6. The lowest BCUT2D eigenvalue weighted by molar-refractivity contribution is -0.137. The summed E-state index contributed by atoms with van der Waals surface area (Å²) in [5, 5.41) is 3.51. The second-order valence-electron chi connectivity index (χ2n) is 7.75. The molecule has 1 N–H and O–H groups in total. The highest BCUT2D eigenvalue weighted by molar-refractivity contribution is 5.42. The third-order valence-corrected chi connectivity index (χ3v) is 5.48. The van der Waals surface area contributed by atoms with Crippen molar-refractivity contribution in [1.29, 1.82) is 0 Å². The number of hydrogen-bond acceptors (Lipinski definition) is 6. The molecule has 0 aliphatic carbocycles. The van der Waals surface area contributed by atoms with Gasteiger partial charge in [0.15, 0.2) is 0 Å². The van der Waals surface area contributed by atoms with E-state index < -0.39 is 11.7 Å². The number of morpholine rings is 1. The van der Waals surface area contributed by atoms with Crippen molar-refractivity contribution in [2.24, 2.45) is 0 Å². The number of aromatic nitrogens is 2. The van der Waals surface area contributed by atoms with E-state index in [1.165, 1.54) is 0 Å². The molecule has 2 saturated heterocycles. The Balaban J connectivity index is 1.34. The number of rotatable bonds is 5. The molecule has 4 rings (SSSR count). The number of alkyl halides is 3. The van der Waals surface area contributed by atoms with Crippen LogP contribution in [0.25, 0.3) is 0 Å². The number of halogens is 3. The number of piperidine rings is 1. The lowest BCUT2D eigenvalue weighted by Crippen LogP contribution is -2.42. The Labute approximate surface area is 174 Å². The molecule has 2 aliphatic heterocycles. The van der Waals surface area contributed by atoms with Gasteiger partial charge in [-0.1, -0.05) is 12.1 Å². The maximum absolute atomic E-state index is 12.7. The van der Waals surface area contributed by atoms with Gasteiger partial charge in [-0.3, -0.25) is 4.90 Å². The Morgan fingerprint density at radius 2 is 1.83 bits per heavy atom. The average molecular weight is 421 g/mol. The third-order valence-electron chi connectivity index (χ3n) is 5.48. The first-order valence-electron chi connectivity index (χ1n) is 10.3. The zero-order valence-corrected chi connectivity index (χ0v) is 16.7. The first-order chi connectivity index (χ1) is 14.5. The molecule has 2 aromatic rings.